The smallest absolute Gasteiger partial charge is 0.329 e. The highest BCUT2D eigenvalue weighted by atomic mass is 16.5. The summed E-state index contributed by atoms with van der Waals surface area (Å²) in [5.41, 5.74) is -0.491. The van der Waals surface area contributed by atoms with Crippen molar-refractivity contribution in [3.63, 3.8) is 0 Å². The maximum atomic E-state index is 10.4. The lowest BCUT2D eigenvalue weighted by Gasteiger charge is -2.46. The van der Waals surface area contributed by atoms with Crippen molar-refractivity contribution < 1.29 is 14.6 Å². The first-order valence-electron chi connectivity index (χ1n) is 5.06. The number of hydrogen-bond acceptors (Lipinski definition) is 3. The van der Waals surface area contributed by atoms with E-state index in [0.29, 0.717) is 13.1 Å². The molecule has 1 aliphatic rings. The van der Waals surface area contributed by atoms with Gasteiger partial charge in [-0.15, -0.1) is 0 Å². The van der Waals surface area contributed by atoms with Crippen LogP contribution in [0.1, 0.15) is 27.7 Å². The van der Waals surface area contributed by atoms with Crippen LogP contribution in [0, 0.1) is 0 Å². The second-order valence-electron chi connectivity index (χ2n) is 5.18. The van der Waals surface area contributed by atoms with Gasteiger partial charge in [0.1, 0.15) is 0 Å². The Balaban J connectivity index is 2.71. The third kappa shape index (κ3) is 3.91. The number of ether oxygens (including phenoxy) is 1. The average molecular weight is 213 g/mol. The van der Waals surface area contributed by atoms with E-state index >= 15 is 0 Å². The number of rotatable bonds is 2. The molecule has 4 heteroatoms. The predicted molar refractivity (Wildman–Crippen MR) is 57.6 cm³/mol. The van der Waals surface area contributed by atoms with Crippen molar-refractivity contribution in [3.05, 3.63) is 12.3 Å². The molecule has 0 aliphatic carbocycles. The molecule has 0 aromatic rings. The number of morpholine rings is 1. The number of carboxylic acids is 1. The summed E-state index contributed by atoms with van der Waals surface area (Å²) in [6, 6.07) is 0. The van der Waals surface area contributed by atoms with Crippen LogP contribution in [0.15, 0.2) is 12.3 Å². The Morgan fingerprint density at radius 2 is 1.73 bits per heavy atom. The molecule has 1 N–H and O–H groups in total. The SMILES string of the molecule is CC1(C)CN(/C=C/C(=O)O)CC(C)(C)O1. The Kier molecular flexibility index (Phi) is 3.09. The van der Waals surface area contributed by atoms with E-state index in [0.717, 1.165) is 6.08 Å². The molecule has 86 valence electrons. The molecule has 4 nitrogen and oxygen atoms in total. The molecule has 1 aliphatic heterocycles. The van der Waals surface area contributed by atoms with Crippen LogP contribution in [0.25, 0.3) is 0 Å². The van der Waals surface area contributed by atoms with Gasteiger partial charge in [0, 0.05) is 25.4 Å². The van der Waals surface area contributed by atoms with Crippen LogP contribution in [0.4, 0.5) is 0 Å². The van der Waals surface area contributed by atoms with Gasteiger partial charge in [0.25, 0.3) is 0 Å². The van der Waals surface area contributed by atoms with Crippen LogP contribution < -0.4 is 0 Å². The molecule has 0 radical (unpaired) electrons. The van der Waals surface area contributed by atoms with Crippen molar-refractivity contribution in [1.82, 2.24) is 4.90 Å². The fourth-order valence-corrected chi connectivity index (χ4v) is 2.12. The maximum Gasteiger partial charge on any atom is 0.329 e. The zero-order chi connectivity index (χ0) is 11.7. The minimum Gasteiger partial charge on any atom is -0.478 e. The van der Waals surface area contributed by atoms with E-state index in [4.69, 9.17) is 9.84 Å². The molecule has 0 atom stereocenters. The molecular formula is C11H19NO3. The van der Waals surface area contributed by atoms with Gasteiger partial charge in [0.2, 0.25) is 0 Å². The van der Waals surface area contributed by atoms with E-state index in [2.05, 4.69) is 0 Å². The third-order valence-electron chi connectivity index (χ3n) is 2.15. The van der Waals surface area contributed by atoms with Crippen molar-refractivity contribution in [2.45, 2.75) is 38.9 Å². The lowest BCUT2D eigenvalue weighted by atomic mass is 9.99. The van der Waals surface area contributed by atoms with E-state index in [9.17, 15) is 4.79 Å². The summed E-state index contributed by atoms with van der Waals surface area (Å²) in [6.45, 7) is 9.45. The lowest BCUT2D eigenvalue weighted by molar-refractivity contribution is -0.171. The van der Waals surface area contributed by atoms with Gasteiger partial charge >= 0.3 is 5.97 Å². The van der Waals surface area contributed by atoms with Crippen LogP contribution in [-0.2, 0) is 9.53 Å². The van der Waals surface area contributed by atoms with Gasteiger partial charge in [-0.2, -0.15) is 0 Å². The van der Waals surface area contributed by atoms with E-state index in [1.165, 1.54) is 0 Å². The van der Waals surface area contributed by atoms with Crippen LogP contribution in [0.5, 0.6) is 0 Å². The Morgan fingerprint density at radius 1 is 1.27 bits per heavy atom. The number of carbonyl (C=O) groups is 1. The highest BCUT2D eigenvalue weighted by molar-refractivity contribution is 5.79. The zero-order valence-corrected chi connectivity index (χ0v) is 9.78. The molecule has 0 saturated carbocycles. The van der Waals surface area contributed by atoms with E-state index in [-0.39, 0.29) is 11.2 Å². The van der Waals surface area contributed by atoms with Gasteiger partial charge < -0.3 is 14.7 Å². The lowest BCUT2D eigenvalue weighted by Crippen LogP contribution is -2.55. The maximum absolute atomic E-state index is 10.4. The highest BCUT2D eigenvalue weighted by Gasteiger charge is 2.36. The molecule has 1 rings (SSSR count). The second kappa shape index (κ2) is 3.85. The zero-order valence-electron chi connectivity index (χ0n) is 9.78. The number of nitrogens with zero attached hydrogens (tertiary/aromatic N) is 1. The van der Waals surface area contributed by atoms with Crippen LogP contribution in [0.2, 0.25) is 0 Å². The Morgan fingerprint density at radius 3 is 2.13 bits per heavy atom. The molecule has 1 heterocycles. The van der Waals surface area contributed by atoms with Crippen molar-refractivity contribution >= 4 is 5.97 Å². The highest BCUT2D eigenvalue weighted by Crippen LogP contribution is 2.27. The van der Waals surface area contributed by atoms with E-state index in [1.54, 1.807) is 6.20 Å². The Bertz CT molecular complexity index is 266. The topological polar surface area (TPSA) is 49.8 Å². The summed E-state index contributed by atoms with van der Waals surface area (Å²) in [5.74, 6) is -0.919. The first-order valence-corrected chi connectivity index (χ1v) is 5.06. The number of carboxylic acid groups (broad SMARTS) is 1. The first-order chi connectivity index (χ1) is 6.70. The minimum absolute atomic E-state index is 0.245. The first kappa shape index (κ1) is 12.0. The molecule has 0 spiro atoms. The summed E-state index contributed by atoms with van der Waals surface area (Å²) >= 11 is 0. The monoisotopic (exact) mass is 213 g/mol. The van der Waals surface area contributed by atoms with Gasteiger partial charge in [-0.05, 0) is 27.7 Å². The Labute approximate surface area is 90.5 Å². The summed E-state index contributed by atoms with van der Waals surface area (Å²) in [6.07, 6.45) is 2.78. The van der Waals surface area contributed by atoms with Gasteiger partial charge in [-0.25, -0.2) is 4.79 Å². The Hall–Kier alpha value is -1.03. The van der Waals surface area contributed by atoms with Gasteiger partial charge in [-0.3, -0.25) is 0 Å². The number of aliphatic carboxylic acids is 1. The van der Waals surface area contributed by atoms with Gasteiger partial charge in [0.05, 0.1) is 11.2 Å². The summed E-state index contributed by atoms with van der Waals surface area (Å²) < 4.78 is 5.88. The standard InChI is InChI=1S/C11H19NO3/c1-10(2)7-12(6-5-9(13)14)8-11(3,4)15-10/h5-6H,7-8H2,1-4H3,(H,13,14)/b6-5+. The van der Waals surface area contributed by atoms with Gasteiger partial charge in [0.15, 0.2) is 0 Å². The quantitative estimate of drug-likeness (QED) is 0.706. The van der Waals surface area contributed by atoms with Crippen LogP contribution in [0.3, 0.4) is 0 Å². The third-order valence-corrected chi connectivity index (χ3v) is 2.15. The predicted octanol–water partition coefficient (Wildman–Crippen LogP) is 1.47. The van der Waals surface area contributed by atoms with Gasteiger partial charge in [-0.1, -0.05) is 0 Å². The molecule has 0 amide bonds. The molecule has 0 aromatic heterocycles. The summed E-state index contributed by atoms with van der Waals surface area (Å²) in [7, 11) is 0. The second-order valence-corrected chi connectivity index (χ2v) is 5.18. The molecular weight excluding hydrogens is 194 g/mol. The van der Waals surface area contributed by atoms with Crippen LogP contribution >= 0.6 is 0 Å². The molecule has 15 heavy (non-hydrogen) atoms. The molecule has 1 fully saturated rings. The van der Waals surface area contributed by atoms with Crippen molar-refractivity contribution in [3.8, 4) is 0 Å². The van der Waals surface area contributed by atoms with Crippen molar-refractivity contribution in [2.24, 2.45) is 0 Å². The molecule has 0 unspecified atom stereocenters. The molecule has 1 saturated heterocycles. The normalized spacial score (nSPS) is 24.4. The fraction of sp³-hybridized carbons (Fsp3) is 0.727. The summed E-state index contributed by atoms with van der Waals surface area (Å²) in [4.78, 5) is 12.4. The molecule has 0 bridgehead atoms. The largest absolute Gasteiger partial charge is 0.478 e. The summed E-state index contributed by atoms with van der Waals surface area (Å²) in [5, 5.41) is 8.56. The van der Waals surface area contributed by atoms with Crippen molar-refractivity contribution in [2.75, 3.05) is 13.1 Å². The van der Waals surface area contributed by atoms with E-state index in [1.807, 2.05) is 32.6 Å². The van der Waals surface area contributed by atoms with E-state index < -0.39 is 5.97 Å². The van der Waals surface area contributed by atoms with Crippen molar-refractivity contribution in [1.29, 1.82) is 0 Å². The average Bonchev–Trinajstić information content (AvgIpc) is 1.94. The minimum atomic E-state index is -0.919. The van der Waals surface area contributed by atoms with Crippen LogP contribution in [-0.4, -0.2) is 40.3 Å². The molecule has 0 aromatic carbocycles. The fourth-order valence-electron chi connectivity index (χ4n) is 2.12. The number of hydrogen-bond donors (Lipinski definition) is 1.